The van der Waals surface area contributed by atoms with E-state index in [0.717, 1.165) is 11.1 Å². The number of hydrogen-bond acceptors (Lipinski definition) is 3. The Balaban J connectivity index is 3.02. The lowest BCUT2D eigenvalue weighted by Crippen LogP contribution is -2.12. The third kappa shape index (κ3) is 2.25. The van der Waals surface area contributed by atoms with Gasteiger partial charge in [-0.15, -0.1) is 0 Å². The van der Waals surface area contributed by atoms with Gasteiger partial charge in [-0.2, -0.15) is 0 Å². The van der Waals surface area contributed by atoms with E-state index >= 15 is 0 Å². The van der Waals surface area contributed by atoms with E-state index in [1.807, 2.05) is 19.9 Å². The molecule has 1 atom stereocenters. The van der Waals surface area contributed by atoms with Crippen molar-refractivity contribution >= 4 is 0 Å². The van der Waals surface area contributed by atoms with Crippen molar-refractivity contribution in [1.82, 2.24) is 0 Å². The smallest absolute Gasteiger partial charge is 0.120 e. The van der Waals surface area contributed by atoms with Crippen LogP contribution < -0.4 is 5.73 Å². The summed E-state index contributed by atoms with van der Waals surface area (Å²) in [6, 6.07) is 3.30. The van der Waals surface area contributed by atoms with Crippen molar-refractivity contribution in [3.05, 3.63) is 28.8 Å². The fourth-order valence-electron chi connectivity index (χ4n) is 1.41. The van der Waals surface area contributed by atoms with Crippen molar-refractivity contribution in [2.75, 3.05) is 6.61 Å². The molecule has 0 unspecified atom stereocenters. The number of aliphatic hydroxyl groups is 1. The molecule has 14 heavy (non-hydrogen) atoms. The van der Waals surface area contributed by atoms with Crippen LogP contribution in [0.2, 0.25) is 0 Å². The van der Waals surface area contributed by atoms with Crippen LogP contribution in [0.3, 0.4) is 0 Å². The van der Waals surface area contributed by atoms with E-state index in [1.165, 1.54) is 0 Å². The van der Waals surface area contributed by atoms with Gasteiger partial charge in [0.2, 0.25) is 0 Å². The van der Waals surface area contributed by atoms with Gasteiger partial charge in [-0.25, -0.2) is 0 Å². The van der Waals surface area contributed by atoms with E-state index in [0.29, 0.717) is 12.0 Å². The summed E-state index contributed by atoms with van der Waals surface area (Å²) in [5, 5.41) is 18.4. The Morgan fingerprint density at radius 1 is 1.29 bits per heavy atom. The van der Waals surface area contributed by atoms with E-state index in [4.69, 9.17) is 10.8 Å². The van der Waals surface area contributed by atoms with Gasteiger partial charge < -0.3 is 15.9 Å². The quantitative estimate of drug-likeness (QED) is 0.682. The maximum atomic E-state index is 9.65. The van der Waals surface area contributed by atoms with Crippen LogP contribution in [0.4, 0.5) is 0 Å². The lowest BCUT2D eigenvalue weighted by Gasteiger charge is -2.14. The lowest BCUT2D eigenvalue weighted by atomic mass is 9.98. The molecule has 78 valence electrons. The van der Waals surface area contributed by atoms with Crippen LogP contribution >= 0.6 is 0 Å². The molecule has 0 spiro atoms. The van der Waals surface area contributed by atoms with Crippen LogP contribution in [0.1, 0.15) is 29.2 Å². The highest BCUT2D eigenvalue weighted by Gasteiger charge is 2.11. The second-order valence-corrected chi connectivity index (χ2v) is 3.61. The molecule has 0 saturated carbocycles. The van der Waals surface area contributed by atoms with E-state index in [9.17, 15) is 5.11 Å². The average Bonchev–Trinajstić information content (AvgIpc) is 2.11. The van der Waals surface area contributed by atoms with E-state index in [2.05, 4.69) is 0 Å². The number of hydrogen-bond donors (Lipinski definition) is 3. The summed E-state index contributed by atoms with van der Waals surface area (Å²) >= 11 is 0. The number of aromatic hydroxyl groups is 1. The molecule has 0 fully saturated rings. The average molecular weight is 195 g/mol. The maximum Gasteiger partial charge on any atom is 0.120 e. The van der Waals surface area contributed by atoms with Crippen molar-refractivity contribution in [3.63, 3.8) is 0 Å². The van der Waals surface area contributed by atoms with Gasteiger partial charge >= 0.3 is 0 Å². The lowest BCUT2D eigenvalue weighted by molar-refractivity contribution is 0.275. The maximum absolute atomic E-state index is 9.65. The molecule has 0 aliphatic heterocycles. The van der Waals surface area contributed by atoms with Crippen molar-refractivity contribution in [1.29, 1.82) is 0 Å². The van der Waals surface area contributed by atoms with Crippen molar-refractivity contribution in [2.45, 2.75) is 26.3 Å². The highest BCUT2D eigenvalue weighted by atomic mass is 16.3. The third-order valence-corrected chi connectivity index (χ3v) is 2.48. The van der Waals surface area contributed by atoms with Gasteiger partial charge in [0.25, 0.3) is 0 Å². The van der Waals surface area contributed by atoms with Gasteiger partial charge in [0.05, 0.1) is 0 Å². The monoisotopic (exact) mass is 195 g/mol. The molecule has 0 radical (unpaired) electrons. The number of nitrogens with two attached hydrogens (primary N) is 1. The van der Waals surface area contributed by atoms with Crippen molar-refractivity contribution in [3.8, 4) is 5.75 Å². The number of phenolic OH excluding ortho intramolecular Hbond substituents is 1. The van der Waals surface area contributed by atoms with Gasteiger partial charge in [-0.3, -0.25) is 0 Å². The van der Waals surface area contributed by atoms with Crippen molar-refractivity contribution < 1.29 is 10.2 Å². The molecule has 1 rings (SSSR count). The second-order valence-electron chi connectivity index (χ2n) is 3.61. The molecule has 1 aromatic carbocycles. The van der Waals surface area contributed by atoms with E-state index in [-0.39, 0.29) is 18.4 Å². The zero-order valence-corrected chi connectivity index (χ0v) is 8.62. The predicted octanol–water partition coefficient (Wildman–Crippen LogP) is 1.39. The molecule has 3 nitrogen and oxygen atoms in total. The predicted molar refractivity (Wildman–Crippen MR) is 56.2 cm³/mol. The van der Waals surface area contributed by atoms with E-state index < -0.39 is 0 Å². The summed E-state index contributed by atoms with van der Waals surface area (Å²) in [5.74, 6) is 0.217. The van der Waals surface area contributed by atoms with Crippen LogP contribution in [0.25, 0.3) is 0 Å². The zero-order valence-electron chi connectivity index (χ0n) is 8.62. The van der Waals surface area contributed by atoms with Crippen LogP contribution in [0.15, 0.2) is 12.1 Å². The molecule has 0 saturated heterocycles. The number of benzene rings is 1. The van der Waals surface area contributed by atoms with E-state index in [1.54, 1.807) is 6.07 Å². The molecular formula is C11H17NO2. The van der Waals surface area contributed by atoms with Gasteiger partial charge in [0.15, 0.2) is 0 Å². The first-order valence-electron chi connectivity index (χ1n) is 4.72. The number of aliphatic hydroxyl groups excluding tert-OH is 1. The van der Waals surface area contributed by atoms with Crippen LogP contribution in [-0.2, 0) is 0 Å². The van der Waals surface area contributed by atoms with Gasteiger partial charge in [0.1, 0.15) is 5.75 Å². The number of aryl methyl sites for hydroxylation is 2. The van der Waals surface area contributed by atoms with Gasteiger partial charge in [-0.1, -0.05) is 6.07 Å². The largest absolute Gasteiger partial charge is 0.508 e. The first-order valence-corrected chi connectivity index (χ1v) is 4.72. The number of rotatable bonds is 3. The molecule has 0 aliphatic rings. The summed E-state index contributed by atoms with van der Waals surface area (Å²) in [5.41, 5.74) is 8.66. The first kappa shape index (κ1) is 11.0. The Bertz CT molecular complexity index is 323. The molecule has 3 heteroatoms. The normalized spacial score (nSPS) is 12.9. The summed E-state index contributed by atoms with van der Waals surface area (Å²) in [4.78, 5) is 0. The molecule has 0 aliphatic carbocycles. The first-order chi connectivity index (χ1) is 6.56. The molecule has 4 N–H and O–H groups in total. The summed E-state index contributed by atoms with van der Waals surface area (Å²) in [7, 11) is 0. The Morgan fingerprint density at radius 2 is 1.86 bits per heavy atom. The molecule has 0 bridgehead atoms. The SMILES string of the molecule is Cc1cc(O)c([C@H](N)CCO)cc1C. The Morgan fingerprint density at radius 3 is 2.43 bits per heavy atom. The van der Waals surface area contributed by atoms with Gasteiger partial charge in [0, 0.05) is 18.2 Å². The van der Waals surface area contributed by atoms with Crippen LogP contribution in [-0.4, -0.2) is 16.8 Å². The minimum atomic E-state index is -0.292. The molecular weight excluding hydrogens is 178 g/mol. The topological polar surface area (TPSA) is 66.5 Å². The zero-order chi connectivity index (χ0) is 10.7. The highest BCUT2D eigenvalue weighted by molar-refractivity contribution is 5.42. The minimum absolute atomic E-state index is 0.0352. The molecule has 0 amide bonds. The summed E-state index contributed by atoms with van der Waals surface area (Å²) in [6.45, 7) is 3.95. The fraction of sp³-hybridized carbons (Fsp3) is 0.455. The van der Waals surface area contributed by atoms with Crippen LogP contribution in [0, 0.1) is 13.8 Å². The fourth-order valence-corrected chi connectivity index (χ4v) is 1.41. The second kappa shape index (κ2) is 4.44. The standard InChI is InChI=1S/C11H17NO2/c1-7-5-9(10(12)3-4-13)11(14)6-8(7)2/h5-6,10,13-14H,3-4,12H2,1-2H3/t10-/m1/s1. The third-order valence-electron chi connectivity index (χ3n) is 2.48. The number of phenols is 1. The highest BCUT2D eigenvalue weighted by Crippen LogP contribution is 2.27. The van der Waals surface area contributed by atoms with Crippen molar-refractivity contribution in [2.24, 2.45) is 5.73 Å². The Hall–Kier alpha value is -1.06. The summed E-state index contributed by atoms with van der Waals surface area (Å²) < 4.78 is 0. The molecule has 0 aromatic heterocycles. The Labute approximate surface area is 84.2 Å². The van der Waals surface area contributed by atoms with Gasteiger partial charge in [-0.05, 0) is 37.5 Å². The Kier molecular flexibility index (Phi) is 3.49. The minimum Gasteiger partial charge on any atom is -0.508 e. The summed E-state index contributed by atoms with van der Waals surface area (Å²) in [6.07, 6.45) is 0.468. The van der Waals surface area contributed by atoms with Crippen LogP contribution in [0.5, 0.6) is 5.75 Å². The molecule has 1 aromatic rings. The molecule has 0 heterocycles.